The molecule has 1 N–H and O–H groups in total. The highest BCUT2D eigenvalue weighted by Crippen LogP contribution is 2.22. The molecule has 0 atom stereocenters. The lowest BCUT2D eigenvalue weighted by molar-refractivity contribution is 0.0759. The first-order valence-corrected chi connectivity index (χ1v) is 5.98. The highest BCUT2D eigenvalue weighted by Gasteiger charge is 2.21. The number of aliphatic hydroxyl groups excluding tert-OH is 1. The van der Waals surface area contributed by atoms with Crippen LogP contribution >= 0.6 is 0 Å². The van der Waals surface area contributed by atoms with Gasteiger partial charge in [-0.2, -0.15) is 0 Å². The fourth-order valence-electron chi connectivity index (χ4n) is 2.01. The zero-order valence-electron chi connectivity index (χ0n) is 11.3. The van der Waals surface area contributed by atoms with Crippen LogP contribution in [-0.2, 0) is 0 Å². The predicted octanol–water partition coefficient (Wildman–Crippen LogP) is 0.716. The first-order valence-electron chi connectivity index (χ1n) is 5.98. The summed E-state index contributed by atoms with van der Waals surface area (Å²) in [6.07, 6.45) is 1.78. The first-order chi connectivity index (χ1) is 9.10. The van der Waals surface area contributed by atoms with Gasteiger partial charge in [0.2, 0.25) is 0 Å². The Kier molecular flexibility index (Phi) is 3.71. The van der Waals surface area contributed by atoms with Gasteiger partial charge in [-0.25, -0.2) is 4.98 Å². The van der Waals surface area contributed by atoms with E-state index in [1.807, 2.05) is 0 Å². The molecule has 0 fully saturated rings. The molecule has 2 aromatic rings. The maximum Gasteiger partial charge on any atom is 0.272 e. The molecule has 0 spiro atoms. The van der Waals surface area contributed by atoms with Crippen molar-refractivity contribution in [2.75, 3.05) is 27.3 Å². The third-order valence-electron chi connectivity index (χ3n) is 2.99. The van der Waals surface area contributed by atoms with Crippen molar-refractivity contribution >= 4 is 11.6 Å². The molecule has 102 valence electrons. The highest BCUT2D eigenvalue weighted by atomic mass is 16.5. The van der Waals surface area contributed by atoms with Crippen LogP contribution in [0.1, 0.15) is 16.2 Å². The SMILES string of the molecule is COc1cccn2c(C(=O)N(C)CCO)c(C)nc12. The number of carbonyl (C=O) groups is 1. The molecule has 0 aromatic carbocycles. The minimum Gasteiger partial charge on any atom is -0.493 e. The number of amides is 1. The zero-order chi connectivity index (χ0) is 14.0. The summed E-state index contributed by atoms with van der Waals surface area (Å²) in [6, 6.07) is 3.60. The van der Waals surface area contributed by atoms with Crippen molar-refractivity contribution in [3.63, 3.8) is 0 Å². The summed E-state index contributed by atoms with van der Waals surface area (Å²) in [5, 5.41) is 8.91. The van der Waals surface area contributed by atoms with E-state index >= 15 is 0 Å². The van der Waals surface area contributed by atoms with Crippen molar-refractivity contribution in [3.8, 4) is 5.75 Å². The van der Waals surface area contributed by atoms with E-state index in [1.54, 1.807) is 43.8 Å². The monoisotopic (exact) mass is 263 g/mol. The molecule has 0 aliphatic rings. The summed E-state index contributed by atoms with van der Waals surface area (Å²) >= 11 is 0. The summed E-state index contributed by atoms with van der Waals surface area (Å²) in [5.74, 6) is 0.446. The van der Waals surface area contributed by atoms with Gasteiger partial charge < -0.3 is 14.7 Å². The number of hydrogen-bond acceptors (Lipinski definition) is 4. The average Bonchev–Trinajstić information content (AvgIpc) is 2.73. The minimum absolute atomic E-state index is 0.0681. The van der Waals surface area contributed by atoms with Crippen LogP contribution in [0.25, 0.3) is 5.65 Å². The molecule has 2 heterocycles. The average molecular weight is 263 g/mol. The Balaban J connectivity index is 2.55. The van der Waals surface area contributed by atoms with Crippen molar-refractivity contribution in [2.24, 2.45) is 0 Å². The quantitative estimate of drug-likeness (QED) is 0.882. The molecule has 0 saturated carbocycles. The Morgan fingerprint density at radius 1 is 1.58 bits per heavy atom. The van der Waals surface area contributed by atoms with Gasteiger partial charge in [0.1, 0.15) is 5.69 Å². The fourth-order valence-corrected chi connectivity index (χ4v) is 2.01. The molecule has 2 aromatic heterocycles. The zero-order valence-corrected chi connectivity index (χ0v) is 11.3. The smallest absolute Gasteiger partial charge is 0.272 e. The number of hydrogen-bond donors (Lipinski definition) is 1. The Morgan fingerprint density at radius 3 is 2.95 bits per heavy atom. The fraction of sp³-hybridized carbons (Fsp3) is 0.385. The highest BCUT2D eigenvalue weighted by molar-refractivity contribution is 5.94. The lowest BCUT2D eigenvalue weighted by atomic mass is 10.3. The molecule has 6 heteroatoms. The second-order valence-corrected chi connectivity index (χ2v) is 4.27. The Bertz CT molecular complexity index is 606. The molecule has 0 saturated heterocycles. The van der Waals surface area contributed by atoms with Gasteiger partial charge in [0.25, 0.3) is 5.91 Å². The van der Waals surface area contributed by atoms with Crippen molar-refractivity contribution in [1.29, 1.82) is 0 Å². The second-order valence-electron chi connectivity index (χ2n) is 4.27. The van der Waals surface area contributed by atoms with Crippen molar-refractivity contribution in [2.45, 2.75) is 6.92 Å². The van der Waals surface area contributed by atoms with E-state index in [4.69, 9.17) is 9.84 Å². The molecule has 19 heavy (non-hydrogen) atoms. The summed E-state index contributed by atoms with van der Waals surface area (Å²) in [7, 11) is 3.22. The number of fused-ring (bicyclic) bond motifs is 1. The predicted molar refractivity (Wildman–Crippen MR) is 70.5 cm³/mol. The van der Waals surface area contributed by atoms with Gasteiger partial charge in [0, 0.05) is 19.8 Å². The maximum absolute atomic E-state index is 12.3. The molecule has 0 aliphatic carbocycles. The number of aromatic nitrogens is 2. The lowest BCUT2D eigenvalue weighted by Gasteiger charge is -2.15. The Morgan fingerprint density at radius 2 is 2.32 bits per heavy atom. The van der Waals surface area contributed by atoms with Crippen LogP contribution in [-0.4, -0.2) is 52.6 Å². The molecule has 2 rings (SSSR count). The van der Waals surface area contributed by atoms with E-state index in [-0.39, 0.29) is 19.1 Å². The number of aliphatic hydroxyl groups is 1. The molecular formula is C13H17N3O3. The van der Waals surface area contributed by atoms with Crippen LogP contribution in [0, 0.1) is 6.92 Å². The van der Waals surface area contributed by atoms with Crippen LogP contribution in [0.5, 0.6) is 5.75 Å². The molecule has 0 bridgehead atoms. The third kappa shape index (κ3) is 2.26. The third-order valence-corrected chi connectivity index (χ3v) is 2.99. The van der Waals surface area contributed by atoms with Crippen molar-refractivity contribution < 1.29 is 14.6 Å². The van der Waals surface area contributed by atoms with Crippen molar-refractivity contribution in [3.05, 3.63) is 29.7 Å². The van der Waals surface area contributed by atoms with Gasteiger partial charge in [-0.1, -0.05) is 0 Å². The van der Waals surface area contributed by atoms with Gasteiger partial charge in [-0.3, -0.25) is 9.20 Å². The van der Waals surface area contributed by atoms with Crippen LogP contribution in [0.4, 0.5) is 0 Å². The molecule has 1 amide bonds. The van der Waals surface area contributed by atoms with E-state index in [2.05, 4.69) is 4.98 Å². The normalized spacial score (nSPS) is 10.7. The number of rotatable bonds is 4. The molecule has 0 radical (unpaired) electrons. The summed E-state index contributed by atoms with van der Waals surface area (Å²) in [6.45, 7) is 2.00. The number of likely N-dealkylation sites (N-methyl/N-ethyl adjacent to an activating group) is 1. The van der Waals surface area contributed by atoms with E-state index in [0.717, 1.165) is 0 Å². The largest absolute Gasteiger partial charge is 0.493 e. The Labute approximate surface area is 111 Å². The number of methoxy groups -OCH3 is 1. The van der Waals surface area contributed by atoms with Crippen LogP contribution in [0.3, 0.4) is 0 Å². The number of pyridine rings is 1. The van der Waals surface area contributed by atoms with Crippen LogP contribution < -0.4 is 4.74 Å². The van der Waals surface area contributed by atoms with E-state index < -0.39 is 0 Å². The number of aryl methyl sites for hydroxylation is 1. The lowest BCUT2D eigenvalue weighted by Crippen LogP contribution is -2.30. The van der Waals surface area contributed by atoms with Gasteiger partial charge in [-0.15, -0.1) is 0 Å². The van der Waals surface area contributed by atoms with Crippen molar-refractivity contribution in [1.82, 2.24) is 14.3 Å². The summed E-state index contributed by atoms with van der Waals surface area (Å²) < 4.78 is 6.95. The van der Waals surface area contributed by atoms with Gasteiger partial charge in [0.15, 0.2) is 11.4 Å². The topological polar surface area (TPSA) is 67.1 Å². The molecular weight excluding hydrogens is 246 g/mol. The number of imidazole rings is 1. The number of ether oxygens (including phenoxy) is 1. The van der Waals surface area contributed by atoms with Gasteiger partial charge >= 0.3 is 0 Å². The van der Waals surface area contributed by atoms with E-state index in [0.29, 0.717) is 22.8 Å². The number of carbonyl (C=O) groups excluding carboxylic acids is 1. The second kappa shape index (κ2) is 5.27. The van der Waals surface area contributed by atoms with Crippen LogP contribution in [0.15, 0.2) is 18.3 Å². The standard InChI is InChI=1S/C13H17N3O3/c1-9-11(13(18)15(2)7-8-17)16-6-4-5-10(19-3)12(16)14-9/h4-6,17H,7-8H2,1-3H3. The minimum atomic E-state index is -0.174. The Hall–Kier alpha value is -2.08. The van der Waals surface area contributed by atoms with E-state index in [9.17, 15) is 4.79 Å². The summed E-state index contributed by atoms with van der Waals surface area (Å²) in [5.41, 5.74) is 1.74. The van der Waals surface area contributed by atoms with Crippen LogP contribution in [0.2, 0.25) is 0 Å². The first kappa shape index (κ1) is 13.4. The molecule has 0 unspecified atom stereocenters. The van der Waals surface area contributed by atoms with Gasteiger partial charge in [-0.05, 0) is 19.1 Å². The number of nitrogens with zero attached hydrogens (tertiary/aromatic N) is 3. The van der Waals surface area contributed by atoms with E-state index in [1.165, 1.54) is 4.90 Å². The maximum atomic E-state index is 12.3. The van der Waals surface area contributed by atoms with Gasteiger partial charge in [0.05, 0.1) is 19.4 Å². The summed E-state index contributed by atoms with van der Waals surface area (Å²) in [4.78, 5) is 18.2. The molecule has 0 aliphatic heterocycles. The molecule has 6 nitrogen and oxygen atoms in total.